The largest absolute Gasteiger partial charge is 0.466 e. The third kappa shape index (κ3) is 6.58. The van der Waals surface area contributed by atoms with Gasteiger partial charge < -0.3 is 14.5 Å². The van der Waals surface area contributed by atoms with Crippen LogP contribution >= 0.6 is 11.8 Å². The lowest BCUT2D eigenvalue weighted by atomic mass is 9.97. The molecule has 0 aliphatic carbocycles. The Bertz CT molecular complexity index is 1060. The zero-order valence-electron chi connectivity index (χ0n) is 21.7. The van der Waals surface area contributed by atoms with Gasteiger partial charge in [-0.25, -0.2) is 9.97 Å². The molecule has 0 N–H and O–H groups in total. The number of aryl methyl sites for hydroxylation is 1. The van der Waals surface area contributed by atoms with Gasteiger partial charge in [0, 0.05) is 48.8 Å². The quantitative estimate of drug-likeness (QED) is 0.277. The molecule has 2 atom stereocenters. The van der Waals surface area contributed by atoms with Crippen LogP contribution in [0.1, 0.15) is 74.5 Å². The van der Waals surface area contributed by atoms with Gasteiger partial charge in [0.2, 0.25) is 0 Å². The summed E-state index contributed by atoms with van der Waals surface area (Å²) in [7, 11) is 0. The van der Waals surface area contributed by atoms with Crippen LogP contribution in [0.15, 0.2) is 35.5 Å². The van der Waals surface area contributed by atoms with E-state index >= 15 is 0 Å². The minimum Gasteiger partial charge on any atom is -0.466 e. The molecule has 36 heavy (non-hydrogen) atoms. The zero-order chi connectivity index (χ0) is 25.5. The van der Waals surface area contributed by atoms with E-state index in [1.807, 2.05) is 31.2 Å². The molecule has 0 bridgehead atoms. The molecule has 2 aromatic rings. The summed E-state index contributed by atoms with van der Waals surface area (Å²) in [6.45, 7) is 8.72. The first-order chi connectivity index (χ1) is 17.5. The third-order valence-electron chi connectivity index (χ3n) is 7.08. The lowest BCUT2D eigenvalue weighted by Gasteiger charge is -2.34. The maximum absolute atomic E-state index is 13.2. The number of rotatable bonds is 8. The van der Waals surface area contributed by atoms with Crippen molar-refractivity contribution >= 4 is 29.5 Å². The number of nitrogens with zero attached hydrogens (tertiary/aromatic N) is 4. The number of piperidine rings is 2. The second-order valence-corrected chi connectivity index (χ2v) is 10.7. The van der Waals surface area contributed by atoms with Crippen LogP contribution in [0, 0.1) is 5.92 Å². The normalized spacial score (nSPS) is 20.3. The summed E-state index contributed by atoms with van der Waals surface area (Å²) in [5, 5.41) is 0.784. The number of anilines is 1. The molecule has 0 saturated carbocycles. The number of ether oxygens (including phenoxy) is 1. The van der Waals surface area contributed by atoms with Crippen molar-refractivity contribution in [3.8, 4) is 0 Å². The average molecular weight is 511 g/mol. The topological polar surface area (TPSA) is 75.6 Å². The lowest BCUT2D eigenvalue weighted by molar-refractivity contribution is -0.149. The van der Waals surface area contributed by atoms with E-state index in [0.717, 1.165) is 48.0 Å². The highest BCUT2D eigenvalue weighted by Gasteiger charge is 2.30. The minimum absolute atomic E-state index is 0.0264. The standard InChI is InChI=1S/C28H38N4O3S/c1-4-24-17-25(32-15-7-6-10-20(32)3)30-28(29-24)36-19-21-11-8-12-22(16-21)26(33)31-14-9-13-23(18-31)27(34)35-5-2/h8,11-12,16-17,20,23H,4-7,9-10,13-15,18-19H2,1-3H3/t20-,23+/m0/s1. The monoisotopic (exact) mass is 510 g/mol. The molecule has 2 saturated heterocycles. The van der Waals surface area contributed by atoms with Gasteiger partial charge in [-0.1, -0.05) is 30.8 Å². The van der Waals surface area contributed by atoms with Crippen LogP contribution in [0.2, 0.25) is 0 Å². The molecule has 1 aromatic heterocycles. The van der Waals surface area contributed by atoms with Gasteiger partial charge in [0.25, 0.3) is 5.91 Å². The number of thioether (sulfide) groups is 1. The van der Waals surface area contributed by atoms with Gasteiger partial charge in [-0.2, -0.15) is 0 Å². The number of hydrogen-bond donors (Lipinski definition) is 0. The maximum atomic E-state index is 13.2. The van der Waals surface area contributed by atoms with Crippen LogP contribution in [0.5, 0.6) is 0 Å². The number of benzene rings is 1. The Kier molecular flexibility index (Phi) is 9.24. The van der Waals surface area contributed by atoms with Crippen LogP contribution in [-0.4, -0.2) is 59.0 Å². The van der Waals surface area contributed by atoms with Crippen molar-refractivity contribution in [2.75, 3.05) is 31.1 Å². The van der Waals surface area contributed by atoms with Gasteiger partial charge in [-0.3, -0.25) is 9.59 Å². The van der Waals surface area contributed by atoms with E-state index in [-0.39, 0.29) is 17.8 Å². The molecule has 2 fully saturated rings. The molecule has 1 amide bonds. The van der Waals surface area contributed by atoms with E-state index in [1.54, 1.807) is 16.7 Å². The van der Waals surface area contributed by atoms with E-state index in [9.17, 15) is 9.59 Å². The Morgan fingerprint density at radius 2 is 1.94 bits per heavy atom. The summed E-state index contributed by atoms with van der Waals surface area (Å²) in [6, 6.07) is 10.4. The fourth-order valence-electron chi connectivity index (χ4n) is 5.03. The molecular weight excluding hydrogens is 472 g/mol. The molecule has 1 aromatic carbocycles. The second kappa shape index (κ2) is 12.6. The highest BCUT2D eigenvalue weighted by Crippen LogP contribution is 2.28. The van der Waals surface area contributed by atoms with Gasteiger partial charge in [-0.15, -0.1) is 0 Å². The predicted molar refractivity (Wildman–Crippen MR) is 143 cm³/mol. The molecule has 0 spiro atoms. The molecule has 194 valence electrons. The first-order valence-corrected chi connectivity index (χ1v) is 14.3. The number of amides is 1. The average Bonchev–Trinajstić information content (AvgIpc) is 2.92. The van der Waals surface area contributed by atoms with Gasteiger partial charge in [0.15, 0.2) is 5.16 Å². The van der Waals surface area contributed by atoms with E-state index in [2.05, 4.69) is 24.8 Å². The fourth-order valence-corrected chi connectivity index (χ4v) is 5.84. The molecule has 0 unspecified atom stereocenters. The number of aromatic nitrogens is 2. The van der Waals surface area contributed by atoms with Crippen LogP contribution in [0.3, 0.4) is 0 Å². The smallest absolute Gasteiger partial charge is 0.310 e. The summed E-state index contributed by atoms with van der Waals surface area (Å²) in [6.07, 6.45) is 6.14. The number of carbonyl (C=O) groups excluding carboxylic acids is 2. The van der Waals surface area contributed by atoms with Gasteiger partial charge >= 0.3 is 5.97 Å². The second-order valence-electron chi connectivity index (χ2n) is 9.72. The summed E-state index contributed by atoms with van der Waals surface area (Å²) >= 11 is 1.61. The summed E-state index contributed by atoms with van der Waals surface area (Å²) in [5.41, 5.74) is 2.78. The van der Waals surface area contributed by atoms with Crippen LogP contribution < -0.4 is 4.90 Å². The molecule has 4 rings (SSSR count). The van der Waals surface area contributed by atoms with Crippen LogP contribution in [0.25, 0.3) is 0 Å². The highest BCUT2D eigenvalue weighted by molar-refractivity contribution is 7.98. The van der Waals surface area contributed by atoms with Crippen molar-refractivity contribution in [2.24, 2.45) is 5.92 Å². The first kappa shape index (κ1) is 26.5. The Morgan fingerprint density at radius 3 is 2.72 bits per heavy atom. The highest BCUT2D eigenvalue weighted by atomic mass is 32.2. The van der Waals surface area contributed by atoms with Gasteiger partial charge in [0.05, 0.1) is 12.5 Å². The van der Waals surface area contributed by atoms with Gasteiger partial charge in [-0.05, 0) is 70.1 Å². The number of hydrogen-bond acceptors (Lipinski definition) is 7. The zero-order valence-corrected chi connectivity index (χ0v) is 22.6. The van der Waals surface area contributed by atoms with Crippen molar-refractivity contribution in [1.29, 1.82) is 0 Å². The Labute approximate surface area is 219 Å². The Morgan fingerprint density at radius 1 is 1.08 bits per heavy atom. The van der Waals surface area contributed by atoms with E-state index in [1.165, 1.54) is 19.3 Å². The van der Waals surface area contributed by atoms with E-state index in [0.29, 0.717) is 37.1 Å². The minimum atomic E-state index is -0.235. The molecule has 7 nitrogen and oxygen atoms in total. The number of likely N-dealkylation sites (tertiary alicyclic amines) is 1. The number of esters is 1. The van der Waals surface area contributed by atoms with Crippen molar-refractivity contribution in [3.05, 3.63) is 47.2 Å². The van der Waals surface area contributed by atoms with Crippen LogP contribution in [0.4, 0.5) is 5.82 Å². The molecule has 3 heterocycles. The van der Waals surface area contributed by atoms with Gasteiger partial charge in [0.1, 0.15) is 5.82 Å². The molecule has 2 aliphatic heterocycles. The number of carbonyl (C=O) groups is 2. The first-order valence-electron chi connectivity index (χ1n) is 13.3. The Balaban J connectivity index is 1.43. The molecule has 8 heteroatoms. The predicted octanol–water partition coefficient (Wildman–Crippen LogP) is 5.13. The van der Waals surface area contributed by atoms with Crippen LogP contribution in [-0.2, 0) is 21.7 Å². The van der Waals surface area contributed by atoms with Crippen molar-refractivity contribution < 1.29 is 14.3 Å². The van der Waals surface area contributed by atoms with Crippen molar-refractivity contribution in [3.63, 3.8) is 0 Å². The summed E-state index contributed by atoms with van der Waals surface area (Å²) < 4.78 is 5.18. The maximum Gasteiger partial charge on any atom is 0.310 e. The lowest BCUT2D eigenvalue weighted by Crippen LogP contribution is -2.42. The summed E-state index contributed by atoms with van der Waals surface area (Å²) in [4.78, 5) is 39.3. The van der Waals surface area contributed by atoms with Crippen molar-refractivity contribution in [1.82, 2.24) is 14.9 Å². The summed E-state index contributed by atoms with van der Waals surface area (Å²) in [5.74, 6) is 1.26. The van der Waals surface area contributed by atoms with Crippen molar-refractivity contribution in [2.45, 2.75) is 76.2 Å². The molecule has 0 radical (unpaired) electrons. The molecular formula is C28H38N4O3S. The third-order valence-corrected chi connectivity index (χ3v) is 7.99. The Hall–Kier alpha value is -2.61. The molecule has 2 aliphatic rings. The van der Waals surface area contributed by atoms with E-state index < -0.39 is 0 Å². The van der Waals surface area contributed by atoms with E-state index in [4.69, 9.17) is 14.7 Å². The SMILES string of the molecule is CCOC(=O)[C@@H]1CCCN(C(=O)c2cccc(CSc3nc(CC)cc(N4CCCC[C@@H]4C)n3)c2)C1. The fraction of sp³-hybridized carbons (Fsp3) is 0.571.